The van der Waals surface area contributed by atoms with Crippen LogP contribution < -0.4 is 5.32 Å². The third-order valence-corrected chi connectivity index (χ3v) is 5.86. The molecule has 1 aliphatic carbocycles. The standard InChI is InChI=1S/C22H24ClFN6O2/c1-13-8-16(21-27-29-30(28-21)12-14-2-5-17(31)6-3-14)10-20(26-13)22(32)25-11-15-4-7-19(24)18(23)9-15/h4,7-10,14,17,31H,2-3,5-6,11-12H2,1H3,(H,25,32). The highest BCUT2D eigenvalue weighted by Crippen LogP contribution is 2.25. The molecular formula is C22H24ClFN6O2. The van der Waals surface area contributed by atoms with Gasteiger partial charge in [-0.2, -0.15) is 4.80 Å². The van der Waals surface area contributed by atoms with Crippen LogP contribution in [0.1, 0.15) is 47.4 Å². The number of rotatable bonds is 6. The highest BCUT2D eigenvalue weighted by molar-refractivity contribution is 6.30. The van der Waals surface area contributed by atoms with Crippen molar-refractivity contribution >= 4 is 17.5 Å². The number of pyridine rings is 1. The van der Waals surface area contributed by atoms with Gasteiger partial charge in [-0.25, -0.2) is 9.37 Å². The Hall–Kier alpha value is -2.91. The van der Waals surface area contributed by atoms with Gasteiger partial charge in [-0.15, -0.1) is 10.2 Å². The summed E-state index contributed by atoms with van der Waals surface area (Å²) in [5.74, 6) is -0.0384. The molecule has 2 heterocycles. The van der Waals surface area contributed by atoms with Crippen LogP contribution in [0, 0.1) is 18.7 Å². The van der Waals surface area contributed by atoms with Gasteiger partial charge in [0, 0.05) is 17.8 Å². The Balaban J connectivity index is 1.43. The van der Waals surface area contributed by atoms with E-state index in [1.807, 2.05) is 0 Å². The number of carbonyl (C=O) groups is 1. The summed E-state index contributed by atoms with van der Waals surface area (Å²) in [4.78, 5) is 18.5. The molecule has 10 heteroatoms. The number of hydrogen-bond acceptors (Lipinski definition) is 6. The Kier molecular flexibility index (Phi) is 6.76. The fourth-order valence-corrected chi connectivity index (χ4v) is 4.03. The SMILES string of the molecule is Cc1cc(-c2nnn(CC3CCC(O)CC3)n2)cc(C(=O)NCc2ccc(F)c(Cl)c2)n1. The number of tetrazole rings is 1. The van der Waals surface area contributed by atoms with Crippen molar-refractivity contribution in [2.75, 3.05) is 0 Å². The topological polar surface area (TPSA) is 106 Å². The Morgan fingerprint density at radius 1 is 1.25 bits per heavy atom. The molecule has 2 aromatic heterocycles. The van der Waals surface area contributed by atoms with E-state index in [1.54, 1.807) is 29.9 Å². The monoisotopic (exact) mass is 458 g/mol. The Morgan fingerprint density at radius 2 is 2.03 bits per heavy atom. The summed E-state index contributed by atoms with van der Waals surface area (Å²) in [5.41, 5.74) is 2.20. The number of aryl methyl sites for hydroxylation is 1. The van der Waals surface area contributed by atoms with Crippen LogP contribution in [0.2, 0.25) is 5.02 Å². The quantitative estimate of drug-likeness (QED) is 0.587. The van der Waals surface area contributed by atoms with Gasteiger partial charge in [-0.3, -0.25) is 4.79 Å². The fraction of sp³-hybridized carbons (Fsp3) is 0.409. The van der Waals surface area contributed by atoms with Gasteiger partial charge >= 0.3 is 0 Å². The summed E-state index contributed by atoms with van der Waals surface area (Å²) < 4.78 is 13.3. The van der Waals surface area contributed by atoms with Gasteiger partial charge < -0.3 is 10.4 Å². The molecule has 32 heavy (non-hydrogen) atoms. The number of aromatic nitrogens is 5. The maximum absolute atomic E-state index is 13.3. The van der Waals surface area contributed by atoms with E-state index in [4.69, 9.17) is 11.6 Å². The molecule has 0 bridgehead atoms. The van der Waals surface area contributed by atoms with Crippen LogP contribution in [0.15, 0.2) is 30.3 Å². The van der Waals surface area contributed by atoms with E-state index in [0.717, 1.165) is 25.7 Å². The molecule has 0 aliphatic heterocycles. The van der Waals surface area contributed by atoms with Crippen LogP contribution in [0.5, 0.6) is 0 Å². The molecule has 8 nitrogen and oxygen atoms in total. The van der Waals surface area contributed by atoms with E-state index < -0.39 is 5.82 Å². The Morgan fingerprint density at radius 3 is 2.78 bits per heavy atom. The lowest BCUT2D eigenvalue weighted by Gasteiger charge is -2.24. The van der Waals surface area contributed by atoms with Gasteiger partial charge in [0.1, 0.15) is 11.5 Å². The number of nitrogens with zero attached hydrogens (tertiary/aromatic N) is 5. The van der Waals surface area contributed by atoms with Crippen molar-refractivity contribution in [3.63, 3.8) is 0 Å². The minimum atomic E-state index is -0.506. The number of carbonyl (C=O) groups excluding carboxylic acids is 1. The minimum absolute atomic E-state index is 0.00582. The normalized spacial score (nSPS) is 18.5. The predicted molar refractivity (Wildman–Crippen MR) is 116 cm³/mol. The first-order valence-corrected chi connectivity index (χ1v) is 10.9. The zero-order valence-electron chi connectivity index (χ0n) is 17.6. The largest absolute Gasteiger partial charge is 0.393 e. The van der Waals surface area contributed by atoms with Crippen molar-refractivity contribution < 1.29 is 14.3 Å². The van der Waals surface area contributed by atoms with E-state index in [-0.39, 0.29) is 29.3 Å². The lowest BCUT2D eigenvalue weighted by atomic mass is 9.88. The molecule has 2 N–H and O–H groups in total. The van der Waals surface area contributed by atoms with Crippen LogP contribution in [0.3, 0.4) is 0 Å². The third kappa shape index (κ3) is 5.46. The molecular weight excluding hydrogens is 435 g/mol. The minimum Gasteiger partial charge on any atom is -0.393 e. The van der Waals surface area contributed by atoms with Crippen molar-refractivity contribution in [2.45, 2.75) is 51.8 Å². The lowest BCUT2D eigenvalue weighted by Crippen LogP contribution is -2.24. The van der Waals surface area contributed by atoms with Gasteiger partial charge in [-0.1, -0.05) is 17.7 Å². The average Bonchev–Trinajstić information content (AvgIpc) is 3.24. The summed E-state index contributed by atoms with van der Waals surface area (Å²) in [6, 6.07) is 7.72. The predicted octanol–water partition coefficient (Wildman–Crippen LogP) is 3.32. The molecule has 4 rings (SSSR count). The molecule has 0 spiro atoms. The lowest BCUT2D eigenvalue weighted by molar-refractivity contribution is 0.0945. The van der Waals surface area contributed by atoms with Crippen LogP contribution in [0.4, 0.5) is 4.39 Å². The summed E-state index contributed by atoms with van der Waals surface area (Å²) >= 11 is 5.79. The van der Waals surface area contributed by atoms with Crippen LogP contribution in [-0.2, 0) is 13.1 Å². The molecule has 1 aliphatic rings. The molecule has 0 radical (unpaired) electrons. The van der Waals surface area contributed by atoms with Gasteiger partial charge in [0.25, 0.3) is 5.91 Å². The first-order chi connectivity index (χ1) is 15.4. The number of aliphatic hydroxyl groups excluding tert-OH is 1. The van der Waals surface area contributed by atoms with E-state index >= 15 is 0 Å². The maximum Gasteiger partial charge on any atom is 0.270 e. The van der Waals surface area contributed by atoms with E-state index in [0.29, 0.717) is 35.1 Å². The van der Waals surface area contributed by atoms with E-state index in [1.165, 1.54) is 12.1 Å². The number of nitrogens with one attached hydrogen (secondary N) is 1. The zero-order valence-corrected chi connectivity index (χ0v) is 18.4. The van der Waals surface area contributed by atoms with Crippen molar-refractivity contribution in [3.05, 3.63) is 58.1 Å². The Bertz CT molecular complexity index is 1110. The first kappa shape index (κ1) is 22.3. The van der Waals surface area contributed by atoms with E-state index in [9.17, 15) is 14.3 Å². The summed E-state index contributed by atoms with van der Waals surface area (Å²) in [6.07, 6.45) is 3.29. The molecule has 0 atom stereocenters. The van der Waals surface area contributed by atoms with Gasteiger partial charge in [-0.05, 0) is 73.6 Å². The number of halogens is 2. The number of amides is 1. The molecule has 1 aromatic carbocycles. The van der Waals surface area contributed by atoms with Crippen molar-refractivity contribution in [3.8, 4) is 11.4 Å². The summed E-state index contributed by atoms with van der Waals surface area (Å²) in [7, 11) is 0. The van der Waals surface area contributed by atoms with Crippen LogP contribution in [0.25, 0.3) is 11.4 Å². The smallest absolute Gasteiger partial charge is 0.270 e. The maximum atomic E-state index is 13.3. The van der Waals surface area contributed by atoms with Crippen molar-refractivity contribution in [1.82, 2.24) is 30.5 Å². The Labute approximate surface area is 189 Å². The molecule has 3 aromatic rings. The number of benzene rings is 1. The highest BCUT2D eigenvalue weighted by atomic mass is 35.5. The average molecular weight is 459 g/mol. The zero-order chi connectivity index (χ0) is 22.7. The number of hydrogen-bond donors (Lipinski definition) is 2. The second-order valence-corrected chi connectivity index (χ2v) is 8.56. The van der Waals surface area contributed by atoms with Crippen LogP contribution in [-0.4, -0.2) is 42.3 Å². The molecule has 0 unspecified atom stereocenters. The molecule has 168 valence electrons. The van der Waals surface area contributed by atoms with Crippen molar-refractivity contribution in [1.29, 1.82) is 0 Å². The molecule has 1 saturated carbocycles. The number of aliphatic hydroxyl groups is 1. The molecule has 0 saturated heterocycles. The van der Waals surface area contributed by atoms with Crippen LogP contribution >= 0.6 is 11.6 Å². The van der Waals surface area contributed by atoms with Crippen molar-refractivity contribution in [2.24, 2.45) is 5.92 Å². The third-order valence-electron chi connectivity index (χ3n) is 5.57. The van der Waals surface area contributed by atoms with Gasteiger partial charge in [0.2, 0.25) is 5.82 Å². The second-order valence-electron chi connectivity index (χ2n) is 8.16. The highest BCUT2D eigenvalue weighted by Gasteiger charge is 2.21. The van der Waals surface area contributed by atoms with Gasteiger partial charge in [0.05, 0.1) is 17.7 Å². The first-order valence-electron chi connectivity index (χ1n) is 10.5. The van der Waals surface area contributed by atoms with E-state index in [2.05, 4.69) is 25.7 Å². The summed E-state index contributed by atoms with van der Waals surface area (Å²) in [6.45, 7) is 2.63. The second kappa shape index (κ2) is 9.70. The van der Waals surface area contributed by atoms with Gasteiger partial charge in [0.15, 0.2) is 0 Å². The molecule has 1 amide bonds. The fourth-order valence-electron chi connectivity index (χ4n) is 3.83. The molecule has 1 fully saturated rings. The summed E-state index contributed by atoms with van der Waals surface area (Å²) in [5, 5.41) is 25.2.